The Labute approximate surface area is 121 Å². The largest absolute Gasteiger partial charge is 0.405 e. The highest BCUT2D eigenvalue weighted by atomic mass is 31.2. The second kappa shape index (κ2) is 5.42. The molecule has 1 aliphatic heterocycles. The first-order valence-electron chi connectivity index (χ1n) is 6.86. The Kier molecular flexibility index (Phi) is 3.75. The number of hydrogen-bond donors (Lipinski definition) is 2. The van der Waals surface area contributed by atoms with Crippen molar-refractivity contribution in [1.82, 2.24) is 14.2 Å². The van der Waals surface area contributed by atoms with E-state index in [0.717, 1.165) is 11.0 Å². The van der Waals surface area contributed by atoms with Crippen molar-refractivity contribution >= 4 is 18.8 Å². The van der Waals surface area contributed by atoms with E-state index < -0.39 is 7.75 Å². The van der Waals surface area contributed by atoms with E-state index in [1.54, 1.807) is 4.57 Å². The number of fused-ring (bicyclic) bond motifs is 1. The van der Waals surface area contributed by atoms with Crippen LogP contribution in [0, 0.1) is 0 Å². The topological polar surface area (TPSA) is 87.6 Å². The predicted octanol–water partition coefficient (Wildman–Crippen LogP) is 1.71. The lowest BCUT2D eigenvalue weighted by molar-refractivity contribution is 0.195. The maximum absolute atomic E-state index is 12.1. The molecule has 2 aromatic rings. The molecule has 0 aliphatic carbocycles. The van der Waals surface area contributed by atoms with Crippen molar-refractivity contribution in [2.24, 2.45) is 0 Å². The van der Waals surface area contributed by atoms with Crippen LogP contribution in [0.1, 0.15) is 18.9 Å². The Bertz CT molecular complexity index is 745. The van der Waals surface area contributed by atoms with Gasteiger partial charge >= 0.3 is 13.4 Å². The molecule has 21 heavy (non-hydrogen) atoms. The number of hydrogen-bond acceptors (Lipinski definition) is 3. The molecule has 1 aliphatic rings. The average Bonchev–Trinajstić information content (AvgIpc) is 2.83. The average molecular weight is 311 g/mol. The maximum atomic E-state index is 12.1. The molecule has 0 saturated carbocycles. The number of piperidine rings is 1. The van der Waals surface area contributed by atoms with Gasteiger partial charge in [0.1, 0.15) is 0 Å². The van der Waals surface area contributed by atoms with Crippen molar-refractivity contribution in [3.8, 4) is 0 Å². The third-order valence-corrected chi connectivity index (χ3v) is 5.62. The van der Waals surface area contributed by atoms with Crippen molar-refractivity contribution in [2.75, 3.05) is 20.2 Å². The standard InChI is InChI=1S/C13H18N3O4P/c1-20-21(18,19)15-8-6-10(7-9-15)16-12-5-3-2-4-11(12)14-13(16)17/h2-5,10H,6-9H2,1H3,(H,14,17)(H,18,19). The normalized spacial score (nSPS) is 20.7. The molecule has 8 heteroatoms. The second-order valence-electron chi connectivity index (χ2n) is 5.18. The van der Waals surface area contributed by atoms with Gasteiger partial charge in [0.05, 0.1) is 11.0 Å². The number of aromatic amines is 1. The number of imidazole rings is 1. The van der Waals surface area contributed by atoms with Crippen molar-refractivity contribution in [3.05, 3.63) is 34.7 Å². The van der Waals surface area contributed by atoms with Gasteiger partial charge in [-0.25, -0.2) is 14.0 Å². The van der Waals surface area contributed by atoms with Gasteiger partial charge in [-0.1, -0.05) is 12.1 Å². The summed E-state index contributed by atoms with van der Waals surface area (Å²) in [6.45, 7) is 0.858. The van der Waals surface area contributed by atoms with Gasteiger partial charge in [0.2, 0.25) is 0 Å². The van der Waals surface area contributed by atoms with Gasteiger partial charge in [-0.05, 0) is 25.0 Å². The zero-order valence-electron chi connectivity index (χ0n) is 11.7. The first kappa shape index (κ1) is 14.5. The van der Waals surface area contributed by atoms with Crippen LogP contribution in [0.5, 0.6) is 0 Å². The summed E-state index contributed by atoms with van der Waals surface area (Å²) in [5.74, 6) is 0. The highest BCUT2D eigenvalue weighted by molar-refractivity contribution is 7.50. The maximum Gasteiger partial charge on any atom is 0.405 e. The predicted molar refractivity (Wildman–Crippen MR) is 79.2 cm³/mol. The lowest BCUT2D eigenvalue weighted by Gasteiger charge is -2.33. The summed E-state index contributed by atoms with van der Waals surface area (Å²) in [5, 5.41) is 0. The number of H-pyrrole nitrogens is 1. The molecular weight excluding hydrogens is 293 g/mol. The number of nitrogens with zero attached hydrogens (tertiary/aromatic N) is 2. The molecule has 1 aromatic heterocycles. The molecule has 3 rings (SSSR count). The van der Waals surface area contributed by atoms with E-state index in [1.165, 1.54) is 11.8 Å². The SMILES string of the molecule is COP(=O)(O)N1CCC(n2c(=O)[nH]c3ccccc32)CC1. The van der Waals surface area contributed by atoms with Crippen molar-refractivity contribution in [3.63, 3.8) is 0 Å². The summed E-state index contributed by atoms with van der Waals surface area (Å²) in [6, 6.07) is 7.59. The lowest BCUT2D eigenvalue weighted by atomic mass is 10.1. The Morgan fingerprint density at radius 3 is 2.67 bits per heavy atom. The zero-order chi connectivity index (χ0) is 15.0. The van der Waals surface area contributed by atoms with Crippen LogP contribution < -0.4 is 5.69 Å². The first-order valence-corrected chi connectivity index (χ1v) is 8.39. The van der Waals surface area contributed by atoms with Crippen LogP contribution in [0.3, 0.4) is 0 Å². The van der Waals surface area contributed by atoms with Gasteiger partial charge in [0, 0.05) is 26.2 Å². The van der Waals surface area contributed by atoms with Crippen molar-refractivity contribution < 1.29 is 14.0 Å². The molecule has 0 spiro atoms. The number of nitrogens with one attached hydrogen (secondary N) is 1. The molecule has 1 aromatic carbocycles. The minimum absolute atomic E-state index is 0.0294. The molecule has 1 fully saturated rings. The molecule has 2 heterocycles. The molecule has 2 N–H and O–H groups in total. The fraction of sp³-hybridized carbons (Fsp3) is 0.462. The number of rotatable bonds is 3. The summed E-state index contributed by atoms with van der Waals surface area (Å²) >= 11 is 0. The highest BCUT2D eigenvalue weighted by Crippen LogP contribution is 2.47. The summed E-state index contributed by atoms with van der Waals surface area (Å²) in [4.78, 5) is 24.7. The van der Waals surface area contributed by atoms with Crippen LogP contribution in [-0.2, 0) is 9.09 Å². The molecular formula is C13H18N3O4P. The smallest absolute Gasteiger partial charge is 0.312 e. The van der Waals surface area contributed by atoms with E-state index in [2.05, 4.69) is 9.51 Å². The van der Waals surface area contributed by atoms with Gasteiger partial charge in [-0.2, -0.15) is 0 Å². The van der Waals surface area contributed by atoms with Crippen LogP contribution in [0.2, 0.25) is 0 Å². The Hall–Kier alpha value is -1.40. The Morgan fingerprint density at radius 2 is 2.00 bits per heavy atom. The molecule has 0 radical (unpaired) electrons. The van der Waals surface area contributed by atoms with E-state index in [1.807, 2.05) is 24.3 Å². The van der Waals surface area contributed by atoms with Crippen molar-refractivity contribution in [1.29, 1.82) is 0 Å². The number of para-hydroxylation sites is 2. The molecule has 1 saturated heterocycles. The lowest BCUT2D eigenvalue weighted by Crippen LogP contribution is -2.35. The number of benzene rings is 1. The van der Waals surface area contributed by atoms with Crippen LogP contribution >= 0.6 is 7.75 Å². The first-order chi connectivity index (χ1) is 10.0. The van der Waals surface area contributed by atoms with E-state index in [4.69, 9.17) is 0 Å². The third kappa shape index (κ3) is 2.58. The highest BCUT2D eigenvalue weighted by Gasteiger charge is 2.33. The second-order valence-corrected chi connectivity index (χ2v) is 7.09. The fourth-order valence-electron chi connectivity index (χ4n) is 2.92. The summed E-state index contributed by atoms with van der Waals surface area (Å²) in [5.41, 5.74) is 1.56. The van der Waals surface area contributed by atoms with E-state index in [0.29, 0.717) is 25.9 Å². The van der Waals surface area contributed by atoms with Crippen LogP contribution in [0.25, 0.3) is 11.0 Å². The van der Waals surface area contributed by atoms with E-state index in [-0.39, 0.29) is 11.7 Å². The molecule has 1 atom stereocenters. The minimum atomic E-state index is -3.67. The zero-order valence-corrected chi connectivity index (χ0v) is 12.6. The molecule has 0 amide bonds. The molecule has 7 nitrogen and oxygen atoms in total. The van der Waals surface area contributed by atoms with Gasteiger partial charge in [-0.3, -0.25) is 4.57 Å². The monoisotopic (exact) mass is 311 g/mol. The third-order valence-electron chi connectivity index (χ3n) is 4.03. The van der Waals surface area contributed by atoms with Gasteiger partial charge in [-0.15, -0.1) is 0 Å². The Morgan fingerprint density at radius 1 is 1.33 bits per heavy atom. The van der Waals surface area contributed by atoms with Crippen LogP contribution in [-0.4, -0.2) is 39.3 Å². The molecule has 114 valence electrons. The van der Waals surface area contributed by atoms with Crippen molar-refractivity contribution in [2.45, 2.75) is 18.9 Å². The van der Waals surface area contributed by atoms with Gasteiger partial charge in [0.15, 0.2) is 0 Å². The quantitative estimate of drug-likeness (QED) is 0.843. The fourth-order valence-corrected chi connectivity index (χ4v) is 3.88. The minimum Gasteiger partial charge on any atom is -0.312 e. The van der Waals surface area contributed by atoms with E-state index in [9.17, 15) is 14.3 Å². The summed E-state index contributed by atoms with van der Waals surface area (Å²) in [6.07, 6.45) is 1.27. The summed E-state index contributed by atoms with van der Waals surface area (Å²) in [7, 11) is -2.44. The van der Waals surface area contributed by atoms with Gasteiger partial charge in [0.25, 0.3) is 0 Å². The van der Waals surface area contributed by atoms with E-state index >= 15 is 0 Å². The van der Waals surface area contributed by atoms with Gasteiger partial charge < -0.3 is 14.4 Å². The molecule has 0 bridgehead atoms. The molecule has 1 unspecified atom stereocenters. The Balaban J connectivity index is 1.85. The van der Waals surface area contributed by atoms with Crippen LogP contribution in [0.15, 0.2) is 29.1 Å². The number of aromatic nitrogens is 2. The summed E-state index contributed by atoms with van der Waals surface area (Å²) < 4.78 is 19.7. The van der Waals surface area contributed by atoms with Crippen LogP contribution in [0.4, 0.5) is 0 Å².